The van der Waals surface area contributed by atoms with Crippen LogP contribution in [0.2, 0.25) is 0 Å². The summed E-state index contributed by atoms with van der Waals surface area (Å²) >= 11 is 0. The standard InChI is InChI=1S/C6H7N3O2/c1-8-6-9-5-3(10-6)2-4(7)11-5/h2H,7H2,1H3,(H,8,9). The third kappa shape index (κ3) is 0.813. The zero-order valence-electron chi connectivity index (χ0n) is 5.92. The maximum absolute atomic E-state index is 5.34. The van der Waals surface area contributed by atoms with E-state index < -0.39 is 0 Å². The van der Waals surface area contributed by atoms with Crippen molar-refractivity contribution in [2.45, 2.75) is 0 Å². The van der Waals surface area contributed by atoms with Crippen LogP contribution in [0.25, 0.3) is 11.3 Å². The number of hydrogen-bond acceptors (Lipinski definition) is 5. The Morgan fingerprint density at radius 1 is 1.55 bits per heavy atom. The van der Waals surface area contributed by atoms with Crippen LogP contribution in [0.1, 0.15) is 0 Å². The summed E-state index contributed by atoms with van der Waals surface area (Å²) in [5, 5.41) is 2.74. The van der Waals surface area contributed by atoms with Gasteiger partial charge in [0.25, 0.3) is 11.7 Å². The second-order valence-electron chi connectivity index (χ2n) is 2.09. The molecule has 2 rings (SSSR count). The fourth-order valence-electron chi connectivity index (χ4n) is 0.860. The average Bonchev–Trinajstić information content (AvgIpc) is 2.43. The number of nitrogens with one attached hydrogen (secondary N) is 1. The molecule has 58 valence electrons. The minimum Gasteiger partial charge on any atom is -0.420 e. The van der Waals surface area contributed by atoms with E-state index >= 15 is 0 Å². The molecule has 0 saturated heterocycles. The number of nitrogens with zero attached hydrogens (tertiary/aromatic N) is 1. The van der Waals surface area contributed by atoms with Crippen LogP contribution in [-0.2, 0) is 0 Å². The molecular weight excluding hydrogens is 146 g/mol. The predicted octanol–water partition coefficient (Wildman–Crippen LogP) is 1.04. The van der Waals surface area contributed by atoms with Gasteiger partial charge >= 0.3 is 0 Å². The molecule has 2 aromatic heterocycles. The van der Waals surface area contributed by atoms with Crippen molar-refractivity contribution in [3.05, 3.63) is 6.07 Å². The van der Waals surface area contributed by atoms with Crippen molar-refractivity contribution in [2.24, 2.45) is 0 Å². The van der Waals surface area contributed by atoms with Gasteiger partial charge in [-0.1, -0.05) is 0 Å². The van der Waals surface area contributed by atoms with E-state index in [4.69, 9.17) is 14.6 Å². The molecule has 5 heteroatoms. The smallest absolute Gasteiger partial charge is 0.298 e. The summed E-state index contributed by atoms with van der Waals surface area (Å²) in [5.41, 5.74) is 6.32. The van der Waals surface area contributed by atoms with Crippen LogP contribution >= 0.6 is 0 Å². The van der Waals surface area contributed by atoms with Crippen LogP contribution < -0.4 is 11.1 Å². The molecule has 0 spiro atoms. The highest BCUT2D eigenvalue weighted by Crippen LogP contribution is 2.23. The highest BCUT2D eigenvalue weighted by molar-refractivity contribution is 5.72. The van der Waals surface area contributed by atoms with Gasteiger partial charge in [-0.05, 0) is 0 Å². The van der Waals surface area contributed by atoms with E-state index in [1.54, 1.807) is 13.1 Å². The van der Waals surface area contributed by atoms with Crippen molar-refractivity contribution in [3.63, 3.8) is 0 Å². The van der Waals surface area contributed by atoms with Gasteiger partial charge in [-0.3, -0.25) is 0 Å². The number of fused-ring (bicyclic) bond motifs is 1. The predicted molar refractivity (Wildman–Crippen MR) is 40.2 cm³/mol. The number of aromatic nitrogens is 1. The van der Waals surface area contributed by atoms with Crippen LogP contribution in [0.5, 0.6) is 0 Å². The Labute approximate surface area is 62.2 Å². The van der Waals surface area contributed by atoms with Crippen LogP contribution in [0, 0.1) is 0 Å². The Balaban J connectivity index is 2.64. The summed E-state index contributed by atoms with van der Waals surface area (Å²) in [6, 6.07) is 2.02. The van der Waals surface area contributed by atoms with Crippen LogP contribution in [-0.4, -0.2) is 12.0 Å². The largest absolute Gasteiger partial charge is 0.420 e. The molecule has 5 nitrogen and oxygen atoms in total. The van der Waals surface area contributed by atoms with Gasteiger partial charge in [0.1, 0.15) is 0 Å². The lowest BCUT2D eigenvalue weighted by atomic mass is 10.6. The summed E-state index contributed by atoms with van der Waals surface area (Å²) in [7, 11) is 1.72. The molecule has 0 unspecified atom stereocenters. The Hall–Kier alpha value is -1.65. The molecule has 0 saturated carbocycles. The molecule has 0 aliphatic carbocycles. The van der Waals surface area contributed by atoms with E-state index in [0.717, 1.165) is 0 Å². The Morgan fingerprint density at radius 2 is 2.36 bits per heavy atom. The highest BCUT2D eigenvalue weighted by atomic mass is 16.4. The fourth-order valence-corrected chi connectivity index (χ4v) is 0.860. The third-order valence-corrected chi connectivity index (χ3v) is 1.32. The second-order valence-corrected chi connectivity index (χ2v) is 2.09. The SMILES string of the molecule is CNc1nc2oc(N)cc2o1. The van der Waals surface area contributed by atoms with E-state index in [0.29, 0.717) is 23.2 Å². The van der Waals surface area contributed by atoms with Crippen molar-refractivity contribution in [1.82, 2.24) is 4.98 Å². The van der Waals surface area contributed by atoms with E-state index in [9.17, 15) is 0 Å². The first-order valence-electron chi connectivity index (χ1n) is 3.13. The van der Waals surface area contributed by atoms with Gasteiger partial charge in [0, 0.05) is 13.1 Å². The molecule has 0 aliphatic rings. The average molecular weight is 153 g/mol. The molecule has 0 aromatic carbocycles. The van der Waals surface area contributed by atoms with Crippen molar-refractivity contribution in [3.8, 4) is 0 Å². The third-order valence-electron chi connectivity index (χ3n) is 1.32. The van der Waals surface area contributed by atoms with Crippen molar-refractivity contribution < 1.29 is 8.83 Å². The topological polar surface area (TPSA) is 77.2 Å². The van der Waals surface area contributed by atoms with E-state index in [1.165, 1.54) is 0 Å². The summed E-state index contributed by atoms with van der Waals surface area (Å²) in [6.07, 6.45) is 0. The number of rotatable bonds is 1. The number of nitrogen functional groups attached to an aromatic ring is 1. The monoisotopic (exact) mass is 153 g/mol. The highest BCUT2D eigenvalue weighted by Gasteiger charge is 2.08. The van der Waals surface area contributed by atoms with Crippen molar-refractivity contribution in [2.75, 3.05) is 18.1 Å². The van der Waals surface area contributed by atoms with E-state index in [2.05, 4.69) is 10.3 Å². The maximum Gasteiger partial charge on any atom is 0.298 e. The van der Waals surface area contributed by atoms with Crippen LogP contribution in [0.3, 0.4) is 0 Å². The minimum atomic E-state index is 0.314. The molecular formula is C6H7N3O2. The first-order valence-corrected chi connectivity index (χ1v) is 3.13. The van der Waals surface area contributed by atoms with E-state index in [1.807, 2.05) is 0 Å². The van der Waals surface area contributed by atoms with Gasteiger partial charge in [-0.2, -0.15) is 4.98 Å². The Morgan fingerprint density at radius 3 is 3.00 bits per heavy atom. The second kappa shape index (κ2) is 1.91. The molecule has 2 aromatic rings. The van der Waals surface area contributed by atoms with Gasteiger partial charge in [-0.25, -0.2) is 0 Å². The first-order chi connectivity index (χ1) is 5.29. The Kier molecular flexibility index (Phi) is 1.06. The van der Waals surface area contributed by atoms with Gasteiger partial charge < -0.3 is 19.9 Å². The zero-order chi connectivity index (χ0) is 7.84. The lowest BCUT2D eigenvalue weighted by Crippen LogP contribution is -1.85. The first kappa shape index (κ1) is 6.09. The van der Waals surface area contributed by atoms with Crippen molar-refractivity contribution in [1.29, 1.82) is 0 Å². The minimum absolute atomic E-state index is 0.314. The molecule has 2 heterocycles. The summed E-state index contributed by atoms with van der Waals surface area (Å²) < 4.78 is 10.1. The number of hydrogen-bond donors (Lipinski definition) is 2. The molecule has 0 fully saturated rings. The van der Waals surface area contributed by atoms with Gasteiger partial charge in [0.2, 0.25) is 0 Å². The van der Waals surface area contributed by atoms with Gasteiger partial charge in [-0.15, -0.1) is 0 Å². The molecule has 11 heavy (non-hydrogen) atoms. The lowest BCUT2D eigenvalue weighted by molar-refractivity contribution is 0.620. The molecule has 0 amide bonds. The van der Waals surface area contributed by atoms with Crippen LogP contribution in [0.4, 0.5) is 11.9 Å². The van der Waals surface area contributed by atoms with Crippen LogP contribution in [0.15, 0.2) is 14.9 Å². The number of anilines is 2. The van der Waals surface area contributed by atoms with E-state index in [-0.39, 0.29) is 0 Å². The quantitative estimate of drug-likeness (QED) is 0.640. The number of furan rings is 1. The summed E-state index contributed by atoms with van der Waals surface area (Å²) in [4.78, 5) is 3.93. The zero-order valence-corrected chi connectivity index (χ0v) is 5.92. The molecule has 0 radical (unpaired) electrons. The molecule has 3 N–H and O–H groups in total. The lowest BCUT2D eigenvalue weighted by Gasteiger charge is -1.85. The van der Waals surface area contributed by atoms with Gasteiger partial charge in [0.05, 0.1) is 0 Å². The van der Waals surface area contributed by atoms with Gasteiger partial charge in [0.15, 0.2) is 11.5 Å². The number of nitrogens with two attached hydrogens (primary N) is 1. The molecule has 0 atom stereocenters. The van der Waals surface area contributed by atoms with Crippen molar-refractivity contribution >= 4 is 23.2 Å². The normalized spacial score (nSPS) is 10.6. The molecule has 0 aliphatic heterocycles. The maximum atomic E-state index is 5.34. The fraction of sp³-hybridized carbons (Fsp3) is 0.167. The summed E-state index contributed by atoms with van der Waals surface area (Å²) in [6.45, 7) is 0. The number of oxazole rings is 1. The summed E-state index contributed by atoms with van der Waals surface area (Å²) in [5.74, 6) is 0.314. The molecule has 0 bridgehead atoms. The Bertz CT molecular complexity index is 344.